The maximum Gasteiger partial charge on any atom is 0.269 e. The molecule has 1 aliphatic heterocycles. The highest BCUT2D eigenvalue weighted by molar-refractivity contribution is 7.83. The van der Waals surface area contributed by atoms with Crippen LogP contribution in [0.15, 0.2) is 27.0 Å². The van der Waals surface area contributed by atoms with Gasteiger partial charge in [-0.05, 0) is 31.0 Å². The second-order valence-electron chi connectivity index (χ2n) is 4.31. The fourth-order valence-electron chi connectivity index (χ4n) is 1.62. The molecule has 1 aliphatic carbocycles. The summed E-state index contributed by atoms with van der Waals surface area (Å²) in [5, 5.41) is 7.25. The maximum absolute atomic E-state index is 11.4. The van der Waals surface area contributed by atoms with E-state index in [-0.39, 0.29) is 0 Å². The number of hydrogen-bond donors (Lipinski definition) is 2. The van der Waals surface area contributed by atoms with E-state index in [0.717, 1.165) is 12.8 Å². The highest BCUT2D eigenvalue weighted by Crippen LogP contribution is 2.24. The van der Waals surface area contributed by atoms with Crippen molar-refractivity contribution in [3.63, 3.8) is 0 Å². The van der Waals surface area contributed by atoms with Gasteiger partial charge in [0.1, 0.15) is 0 Å². The van der Waals surface area contributed by atoms with Crippen LogP contribution in [0.3, 0.4) is 0 Å². The minimum atomic E-state index is -1.57. The molecule has 1 atom stereocenters. The molecular formula is C11H10Cl2N4OS. The Balaban J connectivity index is 1.79. The lowest BCUT2D eigenvalue weighted by molar-refractivity contribution is 0.686. The van der Waals surface area contributed by atoms with E-state index >= 15 is 0 Å². The summed E-state index contributed by atoms with van der Waals surface area (Å²) in [5.41, 5.74) is 0.681. The van der Waals surface area contributed by atoms with Crippen LogP contribution in [-0.2, 0) is 11.2 Å². The van der Waals surface area contributed by atoms with Crippen molar-refractivity contribution in [2.75, 3.05) is 5.32 Å². The van der Waals surface area contributed by atoms with Gasteiger partial charge in [-0.15, -0.1) is 8.80 Å². The molecule has 1 fully saturated rings. The fourth-order valence-corrected chi connectivity index (χ4v) is 2.77. The normalized spacial score (nSPS) is 21.9. The molecule has 2 N–H and O–H groups in total. The summed E-state index contributed by atoms with van der Waals surface area (Å²) < 4.78 is 19.3. The Morgan fingerprint density at radius 1 is 1.11 bits per heavy atom. The second kappa shape index (κ2) is 5.11. The number of halogens is 2. The van der Waals surface area contributed by atoms with Crippen LogP contribution in [0.4, 0.5) is 5.69 Å². The SMILES string of the molecule is O=S1N=C(Nc2cc(Cl)cc(Cl)c2)C(NC2CC2)=N1. The van der Waals surface area contributed by atoms with Crippen LogP contribution in [0, 0.1) is 0 Å². The van der Waals surface area contributed by atoms with Gasteiger partial charge in [0.15, 0.2) is 11.7 Å². The molecule has 5 nitrogen and oxygen atoms in total. The smallest absolute Gasteiger partial charge is 0.269 e. The number of rotatable bonds is 2. The number of anilines is 1. The van der Waals surface area contributed by atoms with Gasteiger partial charge in [-0.1, -0.05) is 23.2 Å². The Morgan fingerprint density at radius 2 is 1.74 bits per heavy atom. The van der Waals surface area contributed by atoms with Crippen LogP contribution in [0.5, 0.6) is 0 Å². The van der Waals surface area contributed by atoms with Crippen molar-refractivity contribution >= 4 is 51.7 Å². The van der Waals surface area contributed by atoms with Crippen molar-refractivity contribution in [3.8, 4) is 0 Å². The van der Waals surface area contributed by atoms with Crippen molar-refractivity contribution in [2.45, 2.75) is 18.9 Å². The topological polar surface area (TPSA) is 65.8 Å². The molecule has 1 saturated carbocycles. The second-order valence-corrected chi connectivity index (χ2v) is 6.01. The summed E-state index contributed by atoms with van der Waals surface area (Å²) in [6.07, 6.45) is 2.20. The van der Waals surface area contributed by atoms with Gasteiger partial charge in [0.05, 0.1) is 0 Å². The van der Waals surface area contributed by atoms with Crippen molar-refractivity contribution in [1.82, 2.24) is 5.32 Å². The molecule has 1 unspecified atom stereocenters. The van der Waals surface area contributed by atoms with Crippen LogP contribution in [0.2, 0.25) is 10.0 Å². The van der Waals surface area contributed by atoms with E-state index in [9.17, 15) is 4.21 Å². The lowest BCUT2D eigenvalue weighted by Crippen LogP contribution is -2.35. The van der Waals surface area contributed by atoms with Crippen molar-refractivity contribution in [3.05, 3.63) is 28.2 Å². The van der Waals surface area contributed by atoms with Gasteiger partial charge in [-0.2, -0.15) is 0 Å². The summed E-state index contributed by atoms with van der Waals surface area (Å²) in [4.78, 5) is 0. The van der Waals surface area contributed by atoms with E-state index in [1.807, 2.05) is 0 Å². The molecule has 1 aromatic rings. The zero-order valence-electron chi connectivity index (χ0n) is 9.69. The third-order valence-corrected chi connectivity index (χ3v) is 3.72. The molecule has 0 saturated heterocycles. The minimum Gasteiger partial charge on any atom is -0.364 e. The van der Waals surface area contributed by atoms with Crippen LogP contribution in [0.25, 0.3) is 0 Å². The van der Waals surface area contributed by atoms with E-state index in [0.29, 0.717) is 33.4 Å². The molecule has 1 heterocycles. The van der Waals surface area contributed by atoms with Crippen LogP contribution in [0.1, 0.15) is 12.8 Å². The van der Waals surface area contributed by atoms with Gasteiger partial charge in [-0.25, -0.2) is 4.21 Å². The lowest BCUT2D eigenvalue weighted by atomic mass is 10.3. The van der Waals surface area contributed by atoms with Crippen molar-refractivity contribution in [2.24, 2.45) is 8.80 Å². The van der Waals surface area contributed by atoms with Gasteiger partial charge in [0.25, 0.3) is 11.2 Å². The summed E-state index contributed by atoms with van der Waals surface area (Å²) in [7, 11) is 0. The van der Waals surface area contributed by atoms with Crippen LogP contribution >= 0.6 is 23.2 Å². The van der Waals surface area contributed by atoms with E-state index in [2.05, 4.69) is 19.4 Å². The quantitative estimate of drug-likeness (QED) is 0.881. The molecule has 1 aromatic carbocycles. The molecule has 0 radical (unpaired) electrons. The molecular weight excluding hydrogens is 307 g/mol. The molecule has 19 heavy (non-hydrogen) atoms. The molecule has 0 amide bonds. The summed E-state index contributed by atoms with van der Waals surface area (Å²) in [6, 6.07) is 5.47. The van der Waals surface area contributed by atoms with E-state index in [1.54, 1.807) is 18.2 Å². The third-order valence-electron chi connectivity index (χ3n) is 2.61. The first-order valence-electron chi connectivity index (χ1n) is 5.69. The first-order chi connectivity index (χ1) is 9.10. The zero-order valence-corrected chi connectivity index (χ0v) is 12.0. The Labute approximate surface area is 122 Å². The van der Waals surface area contributed by atoms with Gasteiger partial charge in [0, 0.05) is 21.8 Å². The largest absolute Gasteiger partial charge is 0.364 e. The average Bonchev–Trinajstić information content (AvgIpc) is 3.03. The summed E-state index contributed by atoms with van der Waals surface area (Å²) >= 11 is 10.3. The Morgan fingerprint density at radius 3 is 2.37 bits per heavy atom. The highest BCUT2D eigenvalue weighted by Gasteiger charge is 2.27. The average molecular weight is 317 g/mol. The summed E-state index contributed by atoms with van der Waals surface area (Å²) in [6.45, 7) is 0. The Hall–Kier alpha value is -1.11. The number of nitrogens with zero attached hydrogens (tertiary/aromatic N) is 2. The van der Waals surface area contributed by atoms with E-state index < -0.39 is 11.2 Å². The lowest BCUT2D eigenvalue weighted by Gasteiger charge is -2.09. The first kappa shape index (κ1) is 12.9. The Bertz CT molecular complexity index is 592. The Kier molecular flexibility index (Phi) is 3.47. The van der Waals surface area contributed by atoms with E-state index in [4.69, 9.17) is 23.2 Å². The standard InChI is InChI=1S/C11H10Cl2N4OS/c12-6-3-7(13)5-9(4-6)15-11-10(14-8-1-2-8)16-19(18)17-11/h3-5,8H,1-2H2,(H,14,16)(H,15,17). The number of hydrogen-bond acceptors (Lipinski definition) is 3. The van der Waals surface area contributed by atoms with Crippen molar-refractivity contribution < 1.29 is 4.21 Å². The summed E-state index contributed by atoms with van der Waals surface area (Å²) in [5.74, 6) is 0.973. The van der Waals surface area contributed by atoms with E-state index in [1.165, 1.54) is 0 Å². The number of amidine groups is 2. The van der Waals surface area contributed by atoms with Gasteiger partial charge in [-0.3, -0.25) is 0 Å². The monoisotopic (exact) mass is 316 g/mol. The van der Waals surface area contributed by atoms with Crippen LogP contribution in [-0.4, -0.2) is 21.9 Å². The molecule has 3 rings (SSSR count). The van der Waals surface area contributed by atoms with Gasteiger partial charge in [0.2, 0.25) is 0 Å². The molecule has 0 aromatic heterocycles. The first-order valence-corrected chi connectivity index (χ1v) is 7.51. The molecule has 0 spiro atoms. The third kappa shape index (κ3) is 3.26. The van der Waals surface area contributed by atoms with Gasteiger partial charge >= 0.3 is 0 Å². The van der Waals surface area contributed by atoms with Gasteiger partial charge < -0.3 is 10.6 Å². The highest BCUT2D eigenvalue weighted by atomic mass is 35.5. The zero-order chi connectivity index (χ0) is 13.4. The van der Waals surface area contributed by atoms with Crippen LogP contribution < -0.4 is 10.6 Å². The predicted molar refractivity (Wildman–Crippen MR) is 79.3 cm³/mol. The van der Waals surface area contributed by atoms with Crippen molar-refractivity contribution in [1.29, 1.82) is 0 Å². The fraction of sp³-hybridized carbons (Fsp3) is 0.273. The molecule has 0 bridgehead atoms. The number of nitrogens with one attached hydrogen (secondary N) is 2. The maximum atomic E-state index is 11.4. The molecule has 2 aliphatic rings. The number of benzene rings is 1. The predicted octanol–water partition coefficient (Wildman–Crippen LogP) is 2.55. The molecule has 8 heteroatoms. The molecule has 100 valence electrons. The minimum absolute atomic E-state index is 0.406.